The van der Waals surface area contributed by atoms with Gasteiger partial charge in [0.1, 0.15) is 0 Å². The summed E-state index contributed by atoms with van der Waals surface area (Å²) in [7, 11) is -3.85. The summed E-state index contributed by atoms with van der Waals surface area (Å²) in [5.74, 6) is 0.342. The Morgan fingerprint density at radius 1 is 1.23 bits per heavy atom. The van der Waals surface area contributed by atoms with Crippen LogP contribution in [0, 0.1) is 5.92 Å². The second-order valence-electron chi connectivity index (χ2n) is 8.22. The van der Waals surface area contributed by atoms with Gasteiger partial charge in [-0.05, 0) is 41.7 Å². The van der Waals surface area contributed by atoms with Crippen molar-refractivity contribution in [2.75, 3.05) is 24.5 Å². The Morgan fingerprint density at radius 3 is 2.68 bits per heavy atom. The Kier molecular flexibility index (Phi) is 5.62. The lowest BCUT2D eigenvalue weighted by atomic mass is 10.1. The number of nitrogens with one attached hydrogen (secondary N) is 1. The van der Waals surface area contributed by atoms with Gasteiger partial charge in [-0.1, -0.05) is 44.2 Å². The quantitative estimate of drug-likeness (QED) is 0.743. The van der Waals surface area contributed by atoms with Gasteiger partial charge in [0, 0.05) is 18.8 Å². The molecule has 0 unspecified atom stereocenters. The van der Waals surface area contributed by atoms with Gasteiger partial charge in [-0.2, -0.15) is 0 Å². The van der Waals surface area contributed by atoms with Crippen molar-refractivity contribution in [3.05, 3.63) is 59.7 Å². The molecule has 0 spiro atoms. The molecule has 8 nitrogen and oxygen atoms in total. The highest BCUT2D eigenvalue weighted by atomic mass is 32.2. The fourth-order valence-corrected chi connectivity index (χ4v) is 5.27. The monoisotopic (exact) mass is 441 g/mol. The molecular weight excluding hydrogens is 414 g/mol. The number of carbonyl (C=O) groups excluding carboxylic acids is 1. The van der Waals surface area contributed by atoms with Gasteiger partial charge >= 0.3 is 6.03 Å². The largest absolute Gasteiger partial charge is 0.369 e. The average molecular weight is 442 g/mol. The highest BCUT2D eigenvalue weighted by Crippen LogP contribution is 2.33. The van der Waals surface area contributed by atoms with E-state index < -0.39 is 10.0 Å². The van der Waals surface area contributed by atoms with Crippen LogP contribution in [0.5, 0.6) is 0 Å². The summed E-state index contributed by atoms with van der Waals surface area (Å²) in [5.41, 5.74) is 8.48. The zero-order chi connectivity index (χ0) is 22.2. The molecule has 2 heterocycles. The standard InChI is InChI=1S/C22H27N5O3S/c1-15(2)13-24-22(28)26-11-10-17-12-18(8-9-20(17)26)31(29,30)27-14-19(25-21(27)23)16-6-4-3-5-7-16/h3-9,12,15,19H,10-11,13-14H2,1-2H3,(H2,23,25)(H,24,28)/t19-/m1/s1. The van der Waals surface area contributed by atoms with Crippen LogP contribution in [0.15, 0.2) is 58.4 Å². The number of urea groups is 1. The summed E-state index contributed by atoms with van der Waals surface area (Å²) in [5, 5.41) is 2.91. The predicted octanol–water partition coefficient (Wildman–Crippen LogP) is 2.47. The number of fused-ring (bicyclic) bond motifs is 1. The van der Waals surface area contributed by atoms with Gasteiger partial charge in [0.05, 0.1) is 17.5 Å². The smallest absolute Gasteiger partial charge is 0.321 e. The van der Waals surface area contributed by atoms with Crippen LogP contribution in [0.4, 0.5) is 10.5 Å². The first-order valence-corrected chi connectivity index (χ1v) is 11.8. The van der Waals surface area contributed by atoms with Crippen molar-refractivity contribution in [3.8, 4) is 0 Å². The van der Waals surface area contributed by atoms with Crippen molar-refractivity contribution in [2.45, 2.75) is 31.2 Å². The molecule has 0 aliphatic carbocycles. The van der Waals surface area contributed by atoms with Crippen molar-refractivity contribution < 1.29 is 13.2 Å². The number of hydrogen-bond acceptors (Lipinski definition) is 5. The number of aliphatic imine (C=N–C) groups is 1. The fourth-order valence-electron chi connectivity index (χ4n) is 3.86. The van der Waals surface area contributed by atoms with E-state index in [1.807, 2.05) is 44.2 Å². The number of carbonyl (C=O) groups is 1. The minimum Gasteiger partial charge on any atom is -0.369 e. The van der Waals surface area contributed by atoms with E-state index in [4.69, 9.17) is 5.73 Å². The molecule has 2 aliphatic rings. The number of sulfonamides is 1. The third kappa shape index (κ3) is 4.10. The zero-order valence-corrected chi connectivity index (χ0v) is 18.5. The minimum absolute atomic E-state index is 0.0101. The molecule has 2 aliphatic heterocycles. The van der Waals surface area contributed by atoms with Gasteiger partial charge in [0.2, 0.25) is 5.96 Å². The third-order valence-corrected chi connectivity index (χ3v) is 7.27. The van der Waals surface area contributed by atoms with Gasteiger partial charge in [-0.3, -0.25) is 4.90 Å². The van der Waals surface area contributed by atoms with Crippen molar-refractivity contribution in [1.29, 1.82) is 0 Å². The number of hydrogen-bond donors (Lipinski definition) is 2. The van der Waals surface area contributed by atoms with Crippen LogP contribution >= 0.6 is 0 Å². The van der Waals surface area contributed by atoms with Crippen LogP contribution in [-0.4, -0.2) is 44.3 Å². The van der Waals surface area contributed by atoms with Crippen LogP contribution in [-0.2, 0) is 16.4 Å². The third-order valence-electron chi connectivity index (χ3n) is 5.51. The summed E-state index contributed by atoms with van der Waals surface area (Å²) in [6, 6.07) is 13.9. The number of nitrogens with zero attached hydrogens (tertiary/aromatic N) is 3. The molecular formula is C22H27N5O3S. The summed E-state index contributed by atoms with van der Waals surface area (Å²) < 4.78 is 27.7. The molecule has 1 atom stereocenters. The van der Waals surface area contributed by atoms with Crippen LogP contribution < -0.4 is 16.0 Å². The Morgan fingerprint density at radius 2 is 1.97 bits per heavy atom. The number of rotatable bonds is 5. The molecule has 0 bridgehead atoms. The van der Waals surface area contributed by atoms with Crippen molar-refractivity contribution in [1.82, 2.24) is 9.62 Å². The second kappa shape index (κ2) is 8.22. The molecule has 31 heavy (non-hydrogen) atoms. The Balaban J connectivity index is 1.54. The van der Waals surface area contributed by atoms with Crippen molar-refractivity contribution in [2.24, 2.45) is 16.6 Å². The van der Waals surface area contributed by atoms with Gasteiger partial charge in [0.25, 0.3) is 10.0 Å². The number of amides is 2. The maximum atomic E-state index is 13.3. The van der Waals surface area contributed by atoms with E-state index in [0.29, 0.717) is 25.4 Å². The van der Waals surface area contributed by atoms with Crippen molar-refractivity contribution in [3.63, 3.8) is 0 Å². The normalized spacial score (nSPS) is 18.3. The molecule has 2 amide bonds. The summed E-state index contributed by atoms with van der Waals surface area (Å²) in [6.07, 6.45) is 0.601. The van der Waals surface area contributed by atoms with Crippen molar-refractivity contribution >= 4 is 27.7 Å². The van der Waals surface area contributed by atoms with Gasteiger partial charge in [-0.25, -0.2) is 22.5 Å². The first-order chi connectivity index (χ1) is 14.8. The summed E-state index contributed by atoms with van der Waals surface area (Å²) >= 11 is 0. The molecule has 0 saturated carbocycles. The predicted molar refractivity (Wildman–Crippen MR) is 120 cm³/mol. The van der Waals surface area contributed by atoms with Gasteiger partial charge in [-0.15, -0.1) is 0 Å². The van der Waals surface area contributed by atoms with E-state index in [2.05, 4.69) is 10.3 Å². The van der Waals surface area contributed by atoms with Crippen LogP contribution in [0.25, 0.3) is 0 Å². The second-order valence-corrected chi connectivity index (χ2v) is 10.1. The molecule has 2 aromatic carbocycles. The highest BCUT2D eigenvalue weighted by molar-refractivity contribution is 7.89. The Labute approximate surface area is 182 Å². The van der Waals surface area contributed by atoms with E-state index in [1.165, 1.54) is 6.07 Å². The first kappa shape index (κ1) is 21.2. The number of nitrogens with two attached hydrogens (primary N) is 1. The number of benzene rings is 2. The van der Waals surface area contributed by atoms with Gasteiger partial charge < -0.3 is 11.1 Å². The molecule has 0 saturated heterocycles. The topological polar surface area (TPSA) is 108 Å². The van der Waals surface area contributed by atoms with Crippen LogP contribution in [0.1, 0.15) is 31.0 Å². The summed E-state index contributed by atoms with van der Waals surface area (Å²) in [4.78, 5) is 18.6. The van der Waals surface area contributed by atoms with E-state index in [0.717, 1.165) is 21.1 Å². The maximum absolute atomic E-state index is 13.3. The molecule has 2 aromatic rings. The maximum Gasteiger partial charge on any atom is 0.321 e. The molecule has 164 valence electrons. The van der Waals surface area contributed by atoms with E-state index >= 15 is 0 Å². The molecule has 3 N–H and O–H groups in total. The average Bonchev–Trinajstić information content (AvgIpc) is 3.36. The molecule has 0 fully saturated rings. The lowest BCUT2D eigenvalue weighted by molar-refractivity contribution is 0.245. The van der Waals surface area contributed by atoms with Crippen LogP contribution in [0.2, 0.25) is 0 Å². The number of anilines is 1. The van der Waals surface area contributed by atoms with Crippen LogP contribution in [0.3, 0.4) is 0 Å². The van der Waals surface area contributed by atoms with E-state index in [9.17, 15) is 13.2 Å². The lowest BCUT2D eigenvalue weighted by Gasteiger charge is -2.21. The molecule has 0 radical (unpaired) electrons. The zero-order valence-electron chi connectivity index (χ0n) is 17.7. The first-order valence-electron chi connectivity index (χ1n) is 10.4. The Bertz CT molecular complexity index is 1120. The lowest BCUT2D eigenvalue weighted by Crippen LogP contribution is -2.40. The minimum atomic E-state index is -3.85. The van der Waals surface area contributed by atoms with E-state index in [-0.39, 0.29) is 29.5 Å². The van der Waals surface area contributed by atoms with Gasteiger partial charge in [0.15, 0.2) is 0 Å². The summed E-state index contributed by atoms with van der Waals surface area (Å²) in [6.45, 7) is 5.34. The molecule has 4 rings (SSSR count). The molecule has 0 aromatic heterocycles. The Hall–Kier alpha value is -3.07. The SMILES string of the molecule is CC(C)CNC(=O)N1CCc2cc(S(=O)(=O)N3C[C@H](c4ccccc4)N=C3N)ccc21. The fraction of sp³-hybridized carbons (Fsp3) is 0.364. The highest BCUT2D eigenvalue weighted by Gasteiger charge is 2.35. The number of guanidine groups is 1. The molecule has 9 heteroatoms. The van der Waals surface area contributed by atoms with E-state index in [1.54, 1.807) is 17.0 Å².